The molecule has 1 unspecified atom stereocenters. The fraction of sp³-hybridized carbons (Fsp3) is 0.455. The first-order chi connectivity index (χ1) is 7.35. The molecule has 0 aliphatic carbocycles. The number of alkyl halides is 2. The molecular formula is C11H12Cl2F2O. The Bertz CT molecular complexity index is 369. The van der Waals surface area contributed by atoms with Crippen LogP contribution in [0.2, 0.25) is 10.0 Å². The maximum Gasteiger partial charge on any atom is 0.356 e. The molecule has 0 spiro atoms. The second-order valence-electron chi connectivity index (χ2n) is 3.42. The van der Waals surface area contributed by atoms with Gasteiger partial charge in [-0.1, -0.05) is 36.2 Å². The molecule has 0 fully saturated rings. The maximum atomic E-state index is 13.0. The van der Waals surface area contributed by atoms with Gasteiger partial charge in [-0.25, -0.2) is 0 Å². The second-order valence-corrected chi connectivity index (χ2v) is 4.26. The van der Waals surface area contributed by atoms with E-state index in [0.717, 1.165) is 0 Å². The van der Waals surface area contributed by atoms with Crippen LogP contribution in [0.1, 0.15) is 31.9 Å². The summed E-state index contributed by atoms with van der Waals surface area (Å²) in [6, 6.07) is 4.68. The summed E-state index contributed by atoms with van der Waals surface area (Å²) in [7, 11) is 0. The van der Waals surface area contributed by atoms with Crippen LogP contribution in [0.5, 0.6) is 0 Å². The summed E-state index contributed by atoms with van der Waals surface area (Å²) < 4.78 is 30.6. The van der Waals surface area contributed by atoms with Crippen LogP contribution in [0.15, 0.2) is 18.2 Å². The third kappa shape index (κ3) is 3.58. The molecule has 0 saturated carbocycles. The lowest BCUT2D eigenvalue weighted by Crippen LogP contribution is -2.21. The van der Waals surface area contributed by atoms with E-state index in [1.165, 1.54) is 19.9 Å². The monoisotopic (exact) mass is 268 g/mol. The molecule has 0 saturated heterocycles. The molecular weight excluding hydrogens is 257 g/mol. The van der Waals surface area contributed by atoms with Crippen LogP contribution in [0.4, 0.5) is 8.78 Å². The van der Waals surface area contributed by atoms with Crippen molar-refractivity contribution in [3.8, 4) is 0 Å². The predicted molar refractivity (Wildman–Crippen MR) is 61.2 cm³/mol. The summed E-state index contributed by atoms with van der Waals surface area (Å²) in [5, 5.41) is 0.787. The van der Waals surface area contributed by atoms with Gasteiger partial charge in [-0.05, 0) is 24.6 Å². The van der Waals surface area contributed by atoms with Gasteiger partial charge in [-0.15, -0.1) is 0 Å². The largest absolute Gasteiger partial charge is 0.356 e. The number of hydrogen-bond donors (Lipinski definition) is 0. The Labute approximate surface area is 103 Å². The average Bonchev–Trinajstić information content (AvgIpc) is 2.16. The smallest absolute Gasteiger partial charge is 0.313 e. The molecule has 1 rings (SSSR count). The van der Waals surface area contributed by atoms with E-state index >= 15 is 0 Å². The normalized spacial score (nSPS) is 13.9. The molecule has 0 amide bonds. The van der Waals surface area contributed by atoms with Crippen LogP contribution in [-0.2, 0) is 4.74 Å². The van der Waals surface area contributed by atoms with Crippen molar-refractivity contribution in [3.05, 3.63) is 33.8 Å². The van der Waals surface area contributed by atoms with E-state index in [-0.39, 0.29) is 6.42 Å². The lowest BCUT2D eigenvalue weighted by molar-refractivity contribution is -0.262. The minimum atomic E-state index is -3.14. The van der Waals surface area contributed by atoms with Gasteiger partial charge in [0.05, 0.1) is 6.10 Å². The van der Waals surface area contributed by atoms with Gasteiger partial charge in [-0.2, -0.15) is 8.78 Å². The van der Waals surface area contributed by atoms with Crippen LogP contribution in [0, 0.1) is 0 Å². The van der Waals surface area contributed by atoms with Gasteiger partial charge in [0.25, 0.3) is 0 Å². The Morgan fingerprint density at radius 3 is 2.50 bits per heavy atom. The Kier molecular flexibility index (Phi) is 4.53. The Morgan fingerprint density at radius 2 is 2.00 bits per heavy atom. The Hall–Kier alpha value is -0.380. The molecule has 1 nitrogen and oxygen atoms in total. The zero-order chi connectivity index (χ0) is 12.3. The van der Waals surface area contributed by atoms with Crippen LogP contribution in [-0.4, -0.2) is 6.11 Å². The highest BCUT2D eigenvalue weighted by molar-refractivity contribution is 6.35. The first-order valence-corrected chi connectivity index (χ1v) is 5.62. The summed E-state index contributed by atoms with van der Waals surface area (Å²) >= 11 is 11.6. The van der Waals surface area contributed by atoms with Crippen molar-refractivity contribution in [2.45, 2.75) is 32.5 Å². The highest BCUT2D eigenvalue weighted by Crippen LogP contribution is 2.33. The molecule has 0 aliphatic heterocycles. The fourth-order valence-electron chi connectivity index (χ4n) is 1.24. The van der Waals surface area contributed by atoms with Gasteiger partial charge >= 0.3 is 6.11 Å². The predicted octanol–water partition coefficient (Wildman–Crippen LogP) is 5.07. The van der Waals surface area contributed by atoms with E-state index in [1.54, 1.807) is 12.1 Å². The van der Waals surface area contributed by atoms with E-state index < -0.39 is 12.2 Å². The summed E-state index contributed by atoms with van der Waals surface area (Å²) in [5.74, 6) is 0. The van der Waals surface area contributed by atoms with E-state index in [0.29, 0.717) is 15.6 Å². The highest BCUT2D eigenvalue weighted by atomic mass is 35.5. The summed E-state index contributed by atoms with van der Waals surface area (Å²) in [6.07, 6.45) is -4.29. The van der Waals surface area contributed by atoms with E-state index in [9.17, 15) is 8.78 Å². The molecule has 0 radical (unpaired) electrons. The SMILES string of the molecule is CCC(F)(F)OC(C)c1ccc(Cl)cc1Cl. The molecule has 1 aromatic carbocycles. The zero-order valence-corrected chi connectivity index (χ0v) is 10.4. The van der Waals surface area contributed by atoms with Gasteiger partial charge in [0, 0.05) is 16.5 Å². The third-order valence-electron chi connectivity index (χ3n) is 2.16. The minimum absolute atomic E-state index is 0.326. The van der Waals surface area contributed by atoms with Crippen molar-refractivity contribution in [3.63, 3.8) is 0 Å². The molecule has 1 atom stereocenters. The summed E-state index contributed by atoms with van der Waals surface area (Å²) in [5.41, 5.74) is 0.499. The summed E-state index contributed by atoms with van der Waals surface area (Å²) in [6.45, 7) is 2.88. The molecule has 0 aromatic heterocycles. The molecule has 0 N–H and O–H groups in total. The van der Waals surface area contributed by atoms with E-state index in [2.05, 4.69) is 4.74 Å². The van der Waals surface area contributed by atoms with Crippen LogP contribution < -0.4 is 0 Å². The third-order valence-corrected chi connectivity index (χ3v) is 2.72. The fourth-order valence-corrected chi connectivity index (χ4v) is 1.80. The molecule has 0 bridgehead atoms. The molecule has 0 aliphatic rings. The Morgan fingerprint density at radius 1 is 1.38 bits per heavy atom. The van der Waals surface area contributed by atoms with E-state index in [4.69, 9.17) is 23.2 Å². The van der Waals surface area contributed by atoms with Crippen LogP contribution in [0.3, 0.4) is 0 Å². The zero-order valence-electron chi connectivity index (χ0n) is 8.94. The van der Waals surface area contributed by atoms with Gasteiger partial charge in [-0.3, -0.25) is 0 Å². The number of hydrogen-bond acceptors (Lipinski definition) is 1. The maximum absolute atomic E-state index is 13.0. The van der Waals surface area contributed by atoms with Crippen molar-refractivity contribution in [2.75, 3.05) is 0 Å². The number of rotatable bonds is 4. The number of halogens is 4. The van der Waals surface area contributed by atoms with Gasteiger partial charge < -0.3 is 4.74 Å². The second kappa shape index (κ2) is 5.30. The lowest BCUT2D eigenvalue weighted by atomic mass is 10.1. The molecule has 1 aromatic rings. The number of ether oxygens (including phenoxy) is 1. The van der Waals surface area contributed by atoms with Crippen molar-refractivity contribution in [2.24, 2.45) is 0 Å². The van der Waals surface area contributed by atoms with Crippen LogP contribution >= 0.6 is 23.2 Å². The quantitative estimate of drug-likeness (QED) is 0.741. The van der Waals surface area contributed by atoms with E-state index in [1.807, 2.05) is 0 Å². The van der Waals surface area contributed by atoms with Crippen molar-refractivity contribution in [1.82, 2.24) is 0 Å². The average molecular weight is 269 g/mol. The lowest BCUT2D eigenvalue weighted by Gasteiger charge is -2.21. The van der Waals surface area contributed by atoms with Crippen LogP contribution in [0.25, 0.3) is 0 Å². The molecule has 5 heteroatoms. The summed E-state index contributed by atoms with van der Waals surface area (Å²) in [4.78, 5) is 0. The standard InChI is InChI=1S/C11H12Cl2F2O/c1-3-11(14,15)16-7(2)9-5-4-8(12)6-10(9)13/h4-7H,3H2,1-2H3. The van der Waals surface area contributed by atoms with Gasteiger partial charge in [0.15, 0.2) is 0 Å². The first kappa shape index (κ1) is 13.7. The molecule has 16 heavy (non-hydrogen) atoms. The molecule has 90 valence electrons. The van der Waals surface area contributed by atoms with Gasteiger partial charge in [0.2, 0.25) is 0 Å². The Balaban J connectivity index is 2.84. The topological polar surface area (TPSA) is 9.23 Å². The van der Waals surface area contributed by atoms with Gasteiger partial charge in [0.1, 0.15) is 0 Å². The van der Waals surface area contributed by atoms with Crippen molar-refractivity contribution >= 4 is 23.2 Å². The number of benzene rings is 1. The molecule has 0 heterocycles. The first-order valence-electron chi connectivity index (χ1n) is 4.86. The minimum Gasteiger partial charge on any atom is -0.313 e. The van der Waals surface area contributed by atoms with Crippen molar-refractivity contribution < 1.29 is 13.5 Å². The highest BCUT2D eigenvalue weighted by Gasteiger charge is 2.30. The van der Waals surface area contributed by atoms with Crippen molar-refractivity contribution in [1.29, 1.82) is 0 Å².